The van der Waals surface area contributed by atoms with Crippen LogP contribution in [0.2, 0.25) is 0 Å². The molecular weight excluding hydrogens is 435 g/mol. The number of aliphatic hydroxyl groups is 1. The summed E-state index contributed by atoms with van der Waals surface area (Å²) in [4.78, 5) is 37.7. The molecule has 5 nitrogen and oxygen atoms in total. The van der Waals surface area contributed by atoms with Gasteiger partial charge in [-0.25, -0.2) is 4.39 Å². The minimum atomic E-state index is -1.99. The summed E-state index contributed by atoms with van der Waals surface area (Å²) in [5.41, 5.74) is -4.83. The molecule has 8 atom stereocenters. The van der Waals surface area contributed by atoms with Crippen LogP contribution in [0.25, 0.3) is 0 Å². The summed E-state index contributed by atoms with van der Waals surface area (Å²) in [7, 11) is 0. The van der Waals surface area contributed by atoms with Crippen LogP contribution in [0.4, 0.5) is 4.39 Å². The van der Waals surface area contributed by atoms with Crippen LogP contribution >= 0.6 is 11.6 Å². The van der Waals surface area contributed by atoms with Gasteiger partial charge in [-0.2, -0.15) is 0 Å². The van der Waals surface area contributed by atoms with Gasteiger partial charge in [-0.3, -0.25) is 14.4 Å². The van der Waals surface area contributed by atoms with E-state index < -0.39 is 40.1 Å². The van der Waals surface area contributed by atoms with Gasteiger partial charge in [0.1, 0.15) is 0 Å². The molecule has 4 aliphatic rings. The first kappa shape index (κ1) is 23.6. The Morgan fingerprint density at radius 1 is 1.31 bits per heavy atom. The molecule has 0 radical (unpaired) electrons. The molecule has 0 aliphatic heterocycles. The van der Waals surface area contributed by atoms with Gasteiger partial charge in [-0.15, -0.1) is 11.6 Å². The summed E-state index contributed by atoms with van der Waals surface area (Å²) in [6, 6.07) is 0. The number of carbonyl (C=O) groups excluding carboxylic acids is 3. The number of hydrogen-bond acceptors (Lipinski definition) is 5. The van der Waals surface area contributed by atoms with Crippen molar-refractivity contribution in [3.8, 4) is 0 Å². The van der Waals surface area contributed by atoms with Gasteiger partial charge in [0.25, 0.3) is 0 Å². The largest absolute Gasteiger partial charge is 0.450 e. The maximum atomic E-state index is 17.2. The Morgan fingerprint density at radius 3 is 2.62 bits per heavy atom. The van der Waals surface area contributed by atoms with Gasteiger partial charge >= 0.3 is 5.97 Å². The normalized spacial score (nSPS) is 47.2. The average molecular weight is 467 g/mol. The van der Waals surface area contributed by atoms with Gasteiger partial charge in [0.15, 0.2) is 22.8 Å². The van der Waals surface area contributed by atoms with Crippen LogP contribution in [0.3, 0.4) is 0 Å². The van der Waals surface area contributed by atoms with Gasteiger partial charge in [-0.05, 0) is 50.7 Å². The summed E-state index contributed by atoms with van der Waals surface area (Å²) >= 11 is 6.01. The lowest BCUT2D eigenvalue weighted by Crippen LogP contribution is -2.70. The van der Waals surface area contributed by atoms with Crippen LogP contribution in [-0.4, -0.2) is 45.9 Å². The summed E-state index contributed by atoms with van der Waals surface area (Å²) < 4.78 is 23.1. The molecule has 4 rings (SSSR count). The minimum absolute atomic E-state index is 0.0285. The first-order chi connectivity index (χ1) is 14.9. The predicted molar refractivity (Wildman–Crippen MR) is 118 cm³/mol. The third-order valence-corrected chi connectivity index (χ3v) is 9.52. The van der Waals surface area contributed by atoms with E-state index in [1.165, 1.54) is 12.2 Å². The highest BCUT2D eigenvalue weighted by Crippen LogP contribution is 2.71. The smallest absolute Gasteiger partial charge is 0.306 e. The van der Waals surface area contributed by atoms with Gasteiger partial charge in [0.2, 0.25) is 0 Å². The van der Waals surface area contributed by atoms with Gasteiger partial charge < -0.3 is 9.84 Å². The number of ether oxygens (including phenoxy) is 1. The van der Waals surface area contributed by atoms with Crippen molar-refractivity contribution in [1.82, 2.24) is 0 Å². The second-order valence-electron chi connectivity index (χ2n) is 10.5. The van der Waals surface area contributed by atoms with Crippen molar-refractivity contribution in [2.24, 2.45) is 28.6 Å². The van der Waals surface area contributed by atoms with E-state index in [0.29, 0.717) is 24.8 Å². The molecule has 0 bridgehead atoms. The Balaban J connectivity index is 1.85. The van der Waals surface area contributed by atoms with E-state index in [1.807, 2.05) is 13.8 Å². The number of carbonyl (C=O) groups is 3. The number of alkyl halides is 2. The molecule has 7 heteroatoms. The van der Waals surface area contributed by atoms with E-state index in [0.717, 1.165) is 0 Å². The zero-order valence-corrected chi connectivity index (χ0v) is 19.9. The van der Waals surface area contributed by atoms with Crippen LogP contribution in [0.15, 0.2) is 23.8 Å². The van der Waals surface area contributed by atoms with Gasteiger partial charge in [0.05, 0.1) is 12.0 Å². The van der Waals surface area contributed by atoms with E-state index in [9.17, 15) is 19.5 Å². The standard InChI is InChI=1S/C25H32ClFO5/c1-5-21(31)32-25(20(30)13-26)14(2)10-18-17-7-6-15-11-16(28)8-9-22(15,3)24(17,27)19(29)12-23(18,25)4/h8-9,11,14,17-19,29H,5-7,10,12-13H2,1-4H3/t14-,17+,18+,19+,22+,23+,24+,25+/m1/s1. The number of aliphatic hydroxyl groups excluding tert-OH is 1. The highest BCUT2D eigenvalue weighted by molar-refractivity contribution is 6.29. The summed E-state index contributed by atoms with van der Waals surface area (Å²) in [5, 5.41) is 11.4. The lowest BCUT2D eigenvalue weighted by molar-refractivity contribution is -0.227. The van der Waals surface area contributed by atoms with Crippen molar-refractivity contribution in [1.29, 1.82) is 0 Å². The molecule has 0 amide bonds. The van der Waals surface area contributed by atoms with E-state index in [1.54, 1.807) is 19.9 Å². The highest BCUT2D eigenvalue weighted by atomic mass is 35.5. The molecule has 0 aromatic heterocycles. The van der Waals surface area contributed by atoms with Crippen molar-refractivity contribution in [3.05, 3.63) is 23.8 Å². The molecular formula is C25H32ClFO5. The number of halogens is 2. The fourth-order valence-electron chi connectivity index (χ4n) is 7.75. The van der Waals surface area contributed by atoms with Crippen LogP contribution in [0, 0.1) is 28.6 Å². The second-order valence-corrected chi connectivity index (χ2v) is 10.8. The zero-order chi connectivity index (χ0) is 23.7. The first-order valence-corrected chi connectivity index (χ1v) is 12.1. The molecule has 0 aromatic rings. The predicted octanol–water partition coefficient (Wildman–Crippen LogP) is 4.10. The van der Waals surface area contributed by atoms with Crippen LogP contribution in [0.5, 0.6) is 0 Å². The third kappa shape index (κ3) is 2.68. The molecule has 3 fully saturated rings. The summed E-state index contributed by atoms with van der Waals surface area (Å²) in [6.07, 6.45) is 4.67. The Hall–Kier alpha value is -1.53. The number of rotatable bonds is 4. The lowest BCUT2D eigenvalue weighted by Gasteiger charge is -2.62. The summed E-state index contributed by atoms with van der Waals surface area (Å²) in [5.74, 6) is -2.57. The number of esters is 1. The maximum Gasteiger partial charge on any atom is 0.306 e. The zero-order valence-electron chi connectivity index (χ0n) is 19.1. The van der Waals surface area contributed by atoms with Gasteiger partial charge in [-0.1, -0.05) is 32.4 Å². The molecule has 0 unspecified atom stereocenters. The Kier molecular flexibility index (Phi) is 5.53. The molecule has 32 heavy (non-hydrogen) atoms. The van der Waals surface area contributed by atoms with Crippen molar-refractivity contribution in [2.75, 3.05) is 5.88 Å². The molecule has 0 aromatic carbocycles. The van der Waals surface area contributed by atoms with E-state index in [2.05, 4.69) is 0 Å². The monoisotopic (exact) mass is 466 g/mol. The minimum Gasteiger partial charge on any atom is -0.450 e. The molecule has 0 saturated heterocycles. The van der Waals surface area contributed by atoms with Crippen LogP contribution in [-0.2, 0) is 19.1 Å². The number of allylic oxidation sites excluding steroid dienone is 4. The summed E-state index contributed by atoms with van der Waals surface area (Å²) in [6.45, 7) is 7.13. The molecule has 176 valence electrons. The lowest BCUT2D eigenvalue weighted by atomic mass is 9.44. The Bertz CT molecular complexity index is 929. The van der Waals surface area contributed by atoms with Crippen LogP contribution < -0.4 is 0 Å². The molecule has 3 saturated carbocycles. The van der Waals surface area contributed by atoms with Crippen molar-refractivity contribution in [2.45, 2.75) is 77.2 Å². The maximum absolute atomic E-state index is 17.2. The van der Waals surface area contributed by atoms with Crippen molar-refractivity contribution >= 4 is 29.1 Å². The molecule has 0 spiro atoms. The quantitative estimate of drug-likeness (QED) is 0.498. The molecule has 0 heterocycles. The van der Waals surface area contributed by atoms with E-state index >= 15 is 4.39 Å². The Morgan fingerprint density at radius 2 is 2.00 bits per heavy atom. The molecule has 1 N–H and O–H groups in total. The second kappa shape index (κ2) is 7.49. The number of ketones is 2. The number of fused-ring (bicyclic) bond motifs is 5. The van der Waals surface area contributed by atoms with E-state index in [4.69, 9.17) is 16.3 Å². The average Bonchev–Trinajstić information content (AvgIpc) is 2.96. The highest BCUT2D eigenvalue weighted by Gasteiger charge is 2.77. The van der Waals surface area contributed by atoms with Gasteiger partial charge in [0, 0.05) is 29.1 Å². The fourth-order valence-corrected chi connectivity index (χ4v) is 7.95. The Labute approximate surface area is 193 Å². The first-order valence-electron chi connectivity index (χ1n) is 11.5. The number of Topliss-reactive ketones (excluding diaryl/α,β-unsaturated/α-hetero) is 1. The number of hydrogen-bond donors (Lipinski definition) is 1. The van der Waals surface area contributed by atoms with E-state index in [-0.39, 0.29) is 42.1 Å². The van der Waals surface area contributed by atoms with Crippen molar-refractivity contribution < 1.29 is 28.6 Å². The van der Waals surface area contributed by atoms with Crippen molar-refractivity contribution in [3.63, 3.8) is 0 Å². The van der Waals surface area contributed by atoms with Crippen LogP contribution in [0.1, 0.15) is 59.8 Å². The fraction of sp³-hybridized carbons (Fsp3) is 0.720. The topological polar surface area (TPSA) is 80.7 Å². The third-order valence-electron chi connectivity index (χ3n) is 9.28. The molecule has 4 aliphatic carbocycles. The SMILES string of the molecule is CCC(=O)O[C@]1(C(=O)CCl)[C@H](C)C[C@H]2[C@@H]3CCC4=CC(=O)C=C[C@]4(C)[C@@]3(F)[C@@H](O)C[C@@]21C.